The van der Waals surface area contributed by atoms with Gasteiger partial charge in [0, 0.05) is 13.6 Å². The monoisotopic (exact) mass is 354 g/mol. The standard InChI is InChI=1S/C15H22N4O4S/c1-5-6-7-8-19-10-11(18(3)14(22)17-12(10)20)16-15(19)24-9(2)13(21)23-4/h9H,5-8H2,1-4H3,(H,17,20,22)/t9-/m1/s1. The number of hydrogen-bond donors (Lipinski definition) is 1. The molecule has 0 aromatic carbocycles. The first-order valence-corrected chi connectivity index (χ1v) is 8.72. The van der Waals surface area contributed by atoms with Crippen LogP contribution in [0.2, 0.25) is 0 Å². The lowest BCUT2D eigenvalue weighted by molar-refractivity contribution is -0.139. The summed E-state index contributed by atoms with van der Waals surface area (Å²) in [6.45, 7) is 4.41. The van der Waals surface area contributed by atoms with Crippen LogP contribution >= 0.6 is 11.8 Å². The van der Waals surface area contributed by atoms with Crippen molar-refractivity contribution in [1.82, 2.24) is 19.1 Å². The minimum atomic E-state index is -0.511. The first kappa shape index (κ1) is 18.3. The number of carbonyl (C=O) groups excluding carboxylic acids is 1. The highest BCUT2D eigenvalue weighted by Gasteiger charge is 2.22. The number of nitrogens with zero attached hydrogens (tertiary/aromatic N) is 3. The fourth-order valence-electron chi connectivity index (χ4n) is 2.40. The number of nitrogens with one attached hydrogen (secondary N) is 1. The zero-order valence-corrected chi connectivity index (χ0v) is 15.1. The number of fused-ring (bicyclic) bond motifs is 1. The van der Waals surface area contributed by atoms with Gasteiger partial charge in [0.15, 0.2) is 16.3 Å². The van der Waals surface area contributed by atoms with Crippen LogP contribution in [0.25, 0.3) is 11.2 Å². The van der Waals surface area contributed by atoms with Gasteiger partial charge in [0.05, 0.1) is 7.11 Å². The molecule has 1 atom stereocenters. The van der Waals surface area contributed by atoms with Crippen molar-refractivity contribution >= 4 is 28.9 Å². The molecule has 132 valence electrons. The van der Waals surface area contributed by atoms with E-state index in [4.69, 9.17) is 4.74 Å². The van der Waals surface area contributed by atoms with E-state index in [0.29, 0.717) is 22.9 Å². The Morgan fingerprint density at radius 3 is 2.71 bits per heavy atom. The van der Waals surface area contributed by atoms with Gasteiger partial charge in [0.2, 0.25) is 0 Å². The van der Waals surface area contributed by atoms with Gasteiger partial charge in [0.25, 0.3) is 5.56 Å². The molecule has 0 saturated carbocycles. The first-order valence-electron chi connectivity index (χ1n) is 7.84. The van der Waals surface area contributed by atoms with Crippen LogP contribution in [0.4, 0.5) is 0 Å². The van der Waals surface area contributed by atoms with Crippen molar-refractivity contribution in [2.45, 2.75) is 50.1 Å². The normalized spacial score (nSPS) is 12.5. The summed E-state index contributed by atoms with van der Waals surface area (Å²) in [7, 11) is 2.89. The maximum Gasteiger partial charge on any atom is 0.329 e. The SMILES string of the molecule is CCCCCn1c(S[C@H](C)C(=O)OC)nc2c1c(=O)[nH]c(=O)n2C. The Morgan fingerprint density at radius 2 is 2.08 bits per heavy atom. The molecule has 2 aromatic heterocycles. The van der Waals surface area contributed by atoms with Gasteiger partial charge in [-0.2, -0.15) is 0 Å². The van der Waals surface area contributed by atoms with Crippen LogP contribution in [0.1, 0.15) is 33.1 Å². The van der Waals surface area contributed by atoms with Gasteiger partial charge in [-0.1, -0.05) is 31.5 Å². The molecular formula is C15H22N4O4S. The lowest BCUT2D eigenvalue weighted by atomic mass is 10.2. The third kappa shape index (κ3) is 3.55. The number of methoxy groups -OCH3 is 1. The number of imidazole rings is 1. The largest absolute Gasteiger partial charge is 0.468 e. The maximum atomic E-state index is 12.3. The molecule has 1 N–H and O–H groups in total. The van der Waals surface area contributed by atoms with Crippen molar-refractivity contribution in [3.8, 4) is 0 Å². The Bertz CT molecular complexity index is 852. The molecule has 0 aliphatic rings. The average molecular weight is 354 g/mol. The molecule has 9 heteroatoms. The highest BCUT2D eigenvalue weighted by Crippen LogP contribution is 2.26. The molecule has 24 heavy (non-hydrogen) atoms. The Labute approximate surface area is 143 Å². The smallest absolute Gasteiger partial charge is 0.329 e. The van der Waals surface area contributed by atoms with E-state index >= 15 is 0 Å². The van der Waals surface area contributed by atoms with E-state index in [1.165, 1.54) is 23.4 Å². The van der Waals surface area contributed by atoms with E-state index in [0.717, 1.165) is 19.3 Å². The van der Waals surface area contributed by atoms with Gasteiger partial charge < -0.3 is 9.30 Å². The molecule has 0 aliphatic heterocycles. The number of carbonyl (C=O) groups is 1. The minimum absolute atomic E-state index is 0.319. The molecule has 0 spiro atoms. The van der Waals surface area contributed by atoms with Gasteiger partial charge in [-0.25, -0.2) is 9.78 Å². The van der Waals surface area contributed by atoms with Crippen LogP contribution in [0.15, 0.2) is 14.7 Å². The van der Waals surface area contributed by atoms with Crippen molar-refractivity contribution < 1.29 is 9.53 Å². The van der Waals surface area contributed by atoms with Crippen LogP contribution in [-0.4, -0.2) is 37.4 Å². The quantitative estimate of drug-likeness (QED) is 0.457. The number of unbranched alkanes of at least 4 members (excludes halogenated alkanes) is 2. The summed E-state index contributed by atoms with van der Waals surface area (Å²) in [4.78, 5) is 42.5. The molecule has 2 rings (SSSR count). The van der Waals surface area contributed by atoms with Gasteiger partial charge >= 0.3 is 11.7 Å². The predicted molar refractivity (Wildman–Crippen MR) is 92.5 cm³/mol. The average Bonchev–Trinajstić information content (AvgIpc) is 2.91. The molecule has 2 aromatic rings. The number of aromatic amines is 1. The second-order valence-corrected chi connectivity index (χ2v) is 6.83. The molecule has 0 bridgehead atoms. The number of aromatic nitrogens is 4. The summed E-state index contributed by atoms with van der Waals surface area (Å²) in [6, 6.07) is 0. The maximum absolute atomic E-state index is 12.3. The Balaban J connectivity index is 2.55. The third-order valence-corrected chi connectivity index (χ3v) is 4.84. The summed E-state index contributed by atoms with van der Waals surface area (Å²) in [5.74, 6) is -0.366. The molecule has 0 amide bonds. The molecule has 0 unspecified atom stereocenters. The van der Waals surface area contributed by atoms with Gasteiger partial charge in [-0.15, -0.1) is 0 Å². The van der Waals surface area contributed by atoms with E-state index in [1.54, 1.807) is 18.5 Å². The molecule has 0 fully saturated rings. The number of hydrogen-bond acceptors (Lipinski definition) is 6. The Hall–Kier alpha value is -2.03. The Morgan fingerprint density at radius 1 is 1.38 bits per heavy atom. The minimum Gasteiger partial charge on any atom is -0.468 e. The molecule has 0 radical (unpaired) electrons. The number of esters is 1. The molecule has 2 heterocycles. The van der Waals surface area contributed by atoms with Crippen LogP contribution in [0.3, 0.4) is 0 Å². The molecule has 0 saturated heterocycles. The van der Waals surface area contributed by atoms with Crippen molar-refractivity contribution in [1.29, 1.82) is 0 Å². The zero-order valence-electron chi connectivity index (χ0n) is 14.3. The summed E-state index contributed by atoms with van der Waals surface area (Å²) >= 11 is 1.22. The first-order chi connectivity index (χ1) is 11.4. The fraction of sp³-hybridized carbons (Fsp3) is 0.600. The van der Waals surface area contributed by atoms with E-state index in [9.17, 15) is 14.4 Å². The Kier molecular flexibility index (Phi) is 5.87. The second kappa shape index (κ2) is 7.69. The summed E-state index contributed by atoms with van der Waals surface area (Å²) < 4.78 is 7.83. The van der Waals surface area contributed by atoms with E-state index in [2.05, 4.69) is 16.9 Å². The number of H-pyrrole nitrogens is 1. The number of ether oxygens (including phenoxy) is 1. The van der Waals surface area contributed by atoms with Crippen molar-refractivity contribution in [3.63, 3.8) is 0 Å². The zero-order chi connectivity index (χ0) is 17.9. The molecular weight excluding hydrogens is 332 g/mol. The summed E-state index contributed by atoms with van der Waals surface area (Å²) in [5, 5.41) is 0.0681. The second-order valence-electron chi connectivity index (χ2n) is 5.53. The summed E-state index contributed by atoms with van der Waals surface area (Å²) in [6.07, 6.45) is 2.94. The highest BCUT2D eigenvalue weighted by atomic mass is 32.2. The van der Waals surface area contributed by atoms with E-state index < -0.39 is 16.5 Å². The predicted octanol–water partition coefficient (Wildman–Crippen LogP) is 1.27. The number of aryl methyl sites for hydroxylation is 2. The fourth-order valence-corrected chi connectivity index (χ4v) is 3.36. The van der Waals surface area contributed by atoms with Crippen LogP contribution in [0, 0.1) is 0 Å². The number of rotatable bonds is 7. The van der Waals surface area contributed by atoms with Gasteiger partial charge in [0.1, 0.15) is 5.25 Å². The van der Waals surface area contributed by atoms with Crippen molar-refractivity contribution in [2.24, 2.45) is 7.05 Å². The molecule has 8 nitrogen and oxygen atoms in total. The van der Waals surface area contributed by atoms with Gasteiger partial charge in [-0.3, -0.25) is 19.1 Å². The lowest BCUT2D eigenvalue weighted by Crippen LogP contribution is -2.29. The van der Waals surface area contributed by atoms with E-state index in [1.807, 2.05) is 0 Å². The topological polar surface area (TPSA) is 99.0 Å². The lowest BCUT2D eigenvalue weighted by Gasteiger charge is -2.11. The van der Waals surface area contributed by atoms with Crippen LogP contribution in [-0.2, 0) is 23.1 Å². The van der Waals surface area contributed by atoms with Crippen LogP contribution < -0.4 is 11.2 Å². The van der Waals surface area contributed by atoms with Crippen LogP contribution in [0.5, 0.6) is 0 Å². The summed E-state index contributed by atoms with van der Waals surface area (Å²) in [5.41, 5.74) is -0.300. The number of thioether (sulfide) groups is 1. The molecule has 0 aliphatic carbocycles. The van der Waals surface area contributed by atoms with Gasteiger partial charge in [-0.05, 0) is 13.3 Å². The van der Waals surface area contributed by atoms with Crippen molar-refractivity contribution in [2.75, 3.05) is 7.11 Å². The highest BCUT2D eigenvalue weighted by molar-refractivity contribution is 8.00. The van der Waals surface area contributed by atoms with Crippen molar-refractivity contribution in [3.05, 3.63) is 20.8 Å². The van der Waals surface area contributed by atoms with E-state index in [-0.39, 0.29) is 5.97 Å². The third-order valence-electron chi connectivity index (χ3n) is 3.77.